The molecule has 1 amide bonds. The molecule has 0 spiro atoms. The predicted octanol–water partition coefficient (Wildman–Crippen LogP) is 3.20. The Morgan fingerprint density at radius 3 is 2.72 bits per heavy atom. The summed E-state index contributed by atoms with van der Waals surface area (Å²) < 4.78 is 10.6. The fourth-order valence-corrected chi connectivity index (χ4v) is 3.08. The number of carbonyl (C=O) groups is 1. The van der Waals surface area contributed by atoms with E-state index in [4.69, 9.17) is 9.47 Å². The quantitative estimate of drug-likeness (QED) is 0.368. The summed E-state index contributed by atoms with van der Waals surface area (Å²) in [5.74, 6) is 3.87. The van der Waals surface area contributed by atoms with Gasteiger partial charge in [-0.25, -0.2) is 15.0 Å². The topological polar surface area (TPSA) is 110 Å². The number of pyridine rings is 1. The van der Waals surface area contributed by atoms with Crippen LogP contribution in [0.15, 0.2) is 48.7 Å². The molecular formula is C23H24N6O3. The average Bonchev–Trinajstić information content (AvgIpc) is 3.23. The van der Waals surface area contributed by atoms with E-state index in [0.29, 0.717) is 42.0 Å². The first kappa shape index (κ1) is 21.1. The summed E-state index contributed by atoms with van der Waals surface area (Å²) in [7, 11) is 0. The van der Waals surface area contributed by atoms with Crippen LogP contribution in [0, 0.1) is 13.8 Å². The van der Waals surface area contributed by atoms with E-state index in [1.165, 1.54) is 6.08 Å². The van der Waals surface area contributed by atoms with E-state index in [-0.39, 0.29) is 12.7 Å². The predicted molar refractivity (Wildman–Crippen MR) is 122 cm³/mol. The molecule has 9 heteroatoms. The van der Waals surface area contributed by atoms with Crippen LogP contribution in [0.1, 0.15) is 17.0 Å². The second-order valence-corrected chi connectivity index (χ2v) is 7.19. The molecule has 0 radical (unpaired) electrons. The molecule has 3 N–H and O–H groups in total. The van der Waals surface area contributed by atoms with Crippen molar-refractivity contribution in [3.8, 4) is 11.5 Å². The average molecular weight is 432 g/mol. The third kappa shape index (κ3) is 5.72. The standard InChI is InChI=1S/C23H24N6O3/c1-15-7-8-24-20(11-15)29-22-13-21(27-16(2)28-22)25-9-10-26-23(30)6-4-17-3-5-18-19(12-17)32-14-31-18/h3-8,11-13H,9-10,14H2,1-2H3,(H,26,30)(H2,24,25,27,28,29)/b6-4+. The molecule has 0 unspecified atom stereocenters. The van der Waals surface area contributed by atoms with E-state index in [9.17, 15) is 4.79 Å². The van der Waals surface area contributed by atoms with Gasteiger partial charge in [0.1, 0.15) is 23.3 Å². The zero-order chi connectivity index (χ0) is 22.3. The molecule has 1 aliphatic rings. The Labute approximate surface area is 185 Å². The Balaban J connectivity index is 1.25. The number of aryl methyl sites for hydroxylation is 2. The van der Waals surface area contributed by atoms with Gasteiger partial charge in [0.2, 0.25) is 12.7 Å². The van der Waals surface area contributed by atoms with Crippen LogP contribution < -0.4 is 25.4 Å². The lowest BCUT2D eigenvalue weighted by Gasteiger charge is -2.10. The first-order valence-electron chi connectivity index (χ1n) is 10.2. The second kappa shape index (κ2) is 9.78. The zero-order valence-corrected chi connectivity index (χ0v) is 17.9. The molecule has 1 aliphatic heterocycles. The van der Waals surface area contributed by atoms with Crippen LogP contribution in [0.25, 0.3) is 6.08 Å². The molecule has 2 aromatic heterocycles. The first-order chi connectivity index (χ1) is 15.5. The Hall–Kier alpha value is -4.14. The van der Waals surface area contributed by atoms with E-state index in [1.807, 2.05) is 44.2 Å². The van der Waals surface area contributed by atoms with Crippen molar-refractivity contribution in [2.45, 2.75) is 13.8 Å². The zero-order valence-electron chi connectivity index (χ0n) is 17.9. The fraction of sp³-hybridized carbons (Fsp3) is 0.217. The van der Waals surface area contributed by atoms with E-state index in [0.717, 1.165) is 16.9 Å². The number of ether oxygens (including phenoxy) is 2. The Morgan fingerprint density at radius 1 is 1.00 bits per heavy atom. The van der Waals surface area contributed by atoms with Gasteiger partial charge in [0.15, 0.2) is 11.5 Å². The van der Waals surface area contributed by atoms with Gasteiger partial charge in [-0.3, -0.25) is 4.79 Å². The maximum absolute atomic E-state index is 12.1. The van der Waals surface area contributed by atoms with Gasteiger partial charge in [0.05, 0.1) is 0 Å². The number of amides is 1. The summed E-state index contributed by atoms with van der Waals surface area (Å²) in [6, 6.07) is 11.2. The van der Waals surface area contributed by atoms with Gasteiger partial charge >= 0.3 is 0 Å². The van der Waals surface area contributed by atoms with Gasteiger partial charge in [0.25, 0.3) is 0 Å². The number of nitrogens with one attached hydrogen (secondary N) is 3. The largest absolute Gasteiger partial charge is 0.454 e. The summed E-state index contributed by atoms with van der Waals surface area (Å²) >= 11 is 0. The van der Waals surface area contributed by atoms with Gasteiger partial charge in [-0.2, -0.15) is 0 Å². The number of nitrogens with zero attached hydrogens (tertiary/aromatic N) is 3. The molecular weight excluding hydrogens is 408 g/mol. The minimum Gasteiger partial charge on any atom is -0.454 e. The summed E-state index contributed by atoms with van der Waals surface area (Å²) in [5.41, 5.74) is 1.97. The molecule has 0 atom stereocenters. The van der Waals surface area contributed by atoms with Crippen LogP contribution in [-0.2, 0) is 4.79 Å². The number of aromatic nitrogens is 3. The normalized spacial score (nSPS) is 12.1. The molecule has 0 saturated carbocycles. The van der Waals surface area contributed by atoms with E-state index >= 15 is 0 Å². The minimum atomic E-state index is -0.184. The molecule has 0 aliphatic carbocycles. The second-order valence-electron chi connectivity index (χ2n) is 7.19. The number of hydrogen-bond donors (Lipinski definition) is 3. The van der Waals surface area contributed by atoms with E-state index in [1.54, 1.807) is 18.3 Å². The molecule has 32 heavy (non-hydrogen) atoms. The molecule has 0 bridgehead atoms. The van der Waals surface area contributed by atoms with Crippen LogP contribution in [0.3, 0.4) is 0 Å². The fourth-order valence-electron chi connectivity index (χ4n) is 3.08. The minimum absolute atomic E-state index is 0.184. The molecule has 4 rings (SSSR count). The molecule has 3 heterocycles. The van der Waals surface area contributed by atoms with Crippen molar-refractivity contribution in [1.82, 2.24) is 20.3 Å². The van der Waals surface area contributed by atoms with Crippen molar-refractivity contribution in [1.29, 1.82) is 0 Å². The lowest BCUT2D eigenvalue weighted by Crippen LogP contribution is -2.27. The number of fused-ring (bicyclic) bond motifs is 1. The first-order valence-corrected chi connectivity index (χ1v) is 10.2. The van der Waals surface area contributed by atoms with Gasteiger partial charge in [-0.1, -0.05) is 6.07 Å². The van der Waals surface area contributed by atoms with E-state index < -0.39 is 0 Å². The number of hydrogen-bond acceptors (Lipinski definition) is 8. The maximum Gasteiger partial charge on any atom is 0.244 e. The van der Waals surface area contributed by atoms with Gasteiger partial charge in [-0.15, -0.1) is 0 Å². The van der Waals surface area contributed by atoms with E-state index in [2.05, 4.69) is 30.9 Å². The lowest BCUT2D eigenvalue weighted by molar-refractivity contribution is -0.116. The summed E-state index contributed by atoms with van der Waals surface area (Å²) in [6.45, 7) is 5.01. The number of benzene rings is 1. The van der Waals surface area contributed by atoms with Crippen molar-refractivity contribution in [3.63, 3.8) is 0 Å². The number of carbonyl (C=O) groups excluding carboxylic acids is 1. The third-order valence-electron chi connectivity index (χ3n) is 4.56. The van der Waals surface area contributed by atoms with Gasteiger partial charge in [-0.05, 0) is 55.3 Å². The maximum atomic E-state index is 12.1. The number of rotatable bonds is 8. The van der Waals surface area contributed by atoms with Crippen LogP contribution in [0.5, 0.6) is 11.5 Å². The lowest BCUT2D eigenvalue weighted by atomic mass is 10.2. The smallest absolute Gasteiger partial charge is 0.244 e. The van der Waals surface area contributed by atoms with Crippen molar-refractivity contribution >= 4 is 29.4 Å². The van der Waals surface area contributed by atoms with Crippen molar-refractivity contribution in [2.75, 3.05) is 30.5 Å². The molecule has 1 aromatic carbocycles. The molecule has 0 fully saturated rings. The summed E-state index contributed by atoms with van der Waals surface area (Å²) in [5, 5.41) is 9.22. The van der Waals surface area contributed by atoms with Crippen LogP contribution >= 0.6 is 0 Å². The Morgan fingerprint density at radius 2 is 1.84 bits per heavy atom. The van der Waals surface area contributed by atoms with Crippen LogP contribution in [0.4, 0.5) is 17.5 Å². The van der Waals surface area contributed by atoms with Crippen molar-refractivity contribution in [3.05, 3.63) is 65.6 Å². The molecule has 3 aromatic rings. The molecule has 9 nitrogen and oxygen atoms in total. The Bertz CT molecular complexity index is 1150. The van der Waals surface area contributed by atoms with Crippen LogP contribution in [0.2, 0.25) is 0 Å². The molecule has 0 saturated heterocycles. The Kier molecular flexibility index (Phi) is 6.45. The van der Waals surface area contributed by atoms with Gasteiger partial charge in [0, 0.05) is 31.4 Å². The third-order valence-corrected chi connectivity index (χ3v) is 4.56. The monoisotopic (exact) mass is 432 g/mol. The summed E-state index contributed by atoms with van der Waals surface area (Å²) in [6.07, 6.45) is 4.97. The number of anilines is 3. The highest BCUT2D eigenvalue weighted by Crippen LogP contribution is 2.32. The van der Waals surface area contributed by atoms with Gasteiger partial charge < -0.3 is 25.4 Å². The van der Waals surface area contributed by atoms with Crippen LogP contribution in [-0.4, -0.2) is 40.7 Å². The highest BCUT2D eigenvalue weighted by molar-refractivity contribution is 5.91. The highest BCUT2D eigenvalue weighted by atomic mass is 16.7. The summed E-state index contributed by atoms with van der Waals surface area (Å²) in [4.78, 5) is 25.1. The molecule has 164 valence electrons. The highest BCUT2D eigenvalue weighted by Gasteiger charge is 2.12. The SMILES string of the molecule is Cc1ccnc(Nc2cc(NCCNC(=O)/C=C/c3ccc4c(c3)OCO4)nc(C)n2)c1. The van der Waals surface area contributed by atoms with Crippen molar-refractivity contribution < 1.29 is 14.3 Å². The van der Waals surface area contributed by atoms with Crippen molar-refractivity contribution in [2.24, 2.45) is 0 Å².